The number of hydrogen-bond donors (Lipinski definition) is 1. The lowest BCUT2D eigenvalue weighted by Gasteiger charge is -2.05. The predicted molar refractivity (Wildman–Crippen MR) is 105 cm³/mol. The van der Waals surface area contributed by atoms with Crippen molar-refractivity contribution >= 4 is 28.5 Å². The zero-order valence-electron chi connectivity index (χ0n) is 14.4. The van der Waals surface area contributed by atoms with Crippen LogP contribution in [0.25, 0.3) is 17.3 Å². The Bertz CT molecular complexity index is 898. The summed E-state index contributed by atoms with van der Waals surface area (Å²) in [5.74, 6) is 1.08. The molecule has 0 saturated carbocycles. The Hall–Kier alpha value is -3.12. The highest BCUT2D eigenvalue weighted by Crippen LogP contribution is 2.25. The topological polar surface area (TPSA) is 60.5 Å². The summed E-state index contributed by atoms with van der Waals surface area (Å²) in [4.78, 5) is 16.6. The van der Waals surface area contributed by atoms with Gasteiger partial charge in [-0.2, -0.15) is 0 Å². The van der Waals surface area contributed by atoms with E-state index >= 15 is 0 Å². The normalized spacial score (nSPS) is 10.7. The summed E-state index contributed by atoms with van der Waals surface area (Å²) in [6.07, 6.45) is 3.16. The van der Waals surface area contributed by atoms with E-state index in [0.717, 1.165) is 16.8 Å². The Balaban J connectivity index is 1.68. The predicted octanol–water partition coefficient (Wildman–Crippen LogP) is 4.48. The molecule has 0 aliphatic carbocycles. The molecule has 0 bridgehead atoms. The Labute approximate surface area is 155 Å². The Morgan fingerprint density at radius 2 is 1.77 bits per heavy atom. The SMILES string of the molecule is COc1cc(/C=C/C(=O)Nc2nc(-c3ccccc3)cs2)cc(OC)c1. The van der Waals surface area contributed by atoms with Crippen molar-refractivity contribution in [2.75, 3.05) is 19.5 Å². The van der Waals surface area contributed by atoms with E-state index < -0.39 is 0 Å². The molecule has 0 aliphatic heterocycles. The van der Waals surface area contributed by atoms with Crippen LogP contribution in [0.4, 0.5) is 5.13 Å². The van der Waals surface area contributed by atoms with E-state index in [2.05, 4.69) is 10.3 Å². The van der Waals surface area contributed by atoms with Gasteiger partial charge in [0.25, 0.3) is 0 Å². The van der Waals surface area contributed by atoms with Crippen molar-refractivity contribution in [1.82, 2.24) is 4.98 Å². The molecule has 1 amide bonds. The Kier molecular flexibility index (Phi) is 5.66. The minimum absolute atomic E-state index is 0.249. The van der Waals surface area contributed by atoms with Crippen LogP contribution in [0.3, 0.4) is 0 Å². The largest absolute Gasteiger partial charge is 0.497 e. The van der Waals surface area contributed by atoms with Gasteiger partial charge in [-0.3, -0.25) is 10.1 Å². The molecule has 3 rings (SSSR count). The van der Waals surface area contributed by atoms with Crippen molar-refractivity contribution in [3.05, 3.63) is 65.6 Å². The third-order valence-electron chi connectivity index (χ3n) is 3.60. The zero-order chi connectivity index (χ0) is 18.4. The molecule has 6 heteroatoms. The molecule has 0 fully saturated rings. The van der Waals surface area contributed by atoms with Crippen molar-refractivity contribution in [3.63, 3.8) is 0 Å². The second kappa shape index (κ2) is 8.31. The molecule has 1 heterocycles. The molecule has 3 aromatic rings. The van der Waals surface area contributed by atoms with E-state index in [1.807, 2.05) is 47.8 Å². The van der Waals surface area contributed by atoms with Crippen LogP contribution in [0.1, 0.15) is 5.56 Å². The third-order valence-corrected chi connectivity index (χ3v) is 4.36. The molecule has 26 heavy (non-hydrogen) atoms. The number of carbonyl (C=O) groups is 1. The first-order chi connectivity index (χ1) is 12.7. The first kappa shape index (κ1) is 17.7. The van der Waals surface area contributed by atoms with Gasteiger partial charge in [-0.15, -0.1) is 11.3 Å². The number of hydrogen-bond acceptors (Lipinski definition) is 5. The molecule has 0 radical (unpaired) electrons. The van der Waals surface area contributed by atoms with E-state index in [9.17, 15) is 4.79 Å². The van der Waals surface area contributed by atoms with E-state index in [-0.39, 0.29) is 5.91 Å². The molecule has 5 nitrogen and oxygen atoms in total. The fourth-order valence-corrected chi connectivity index (χ4v) is 3.04. The van der Waals surface area contributed by atoms with Crippen LogP contribution in [-0.2, 0) is 4.79 Å². The van der Waals surface area contributed by atoms with Gasteiger partial charge in [0.2, 0.25) is 5.91 Å². The average molecular weight is 366 g/mol. The van der Waals surface area contributed by atoms with Gasteiger partial charge in [0.1, 0.15) is 11.5 Å². The maximum Gasteiger partial charge on any atom is 0.250 e. The standard InChI is InChI=1S/C20H18N2O3S/c1-24-16-10-14(11-17(12-16)25-2)8-9-19(23)22-20-21-18(13-26-20)15-6-4-3-5-7-15/h3-13H,1-2H3,(H,21,22,23)/b9-8+. The number of nitrogens with zero attached hydrogens (tertiary/aromatic N) is 1. The summed E-state index contributed by atoms with van der Waals surface area (Å²) < 4.78 is 10.4. The summed E-state index contributed by atoms with van der Waals surface area (Å²) in [7, 11) is 3.17. The van der Waals surface area contributed by atoms with Crippen LogP contribution in [0.15, 0.2) is 60.0 Å². The van der Waals surface area contributed by atoms with E-state index in [4.69, 9.17) is 9.47 Å². The van der Waals surface area contributed by atoms with E-state index in [1.165, 1.54) is 17.4 Å². The minimum Gasteiger partial charge on any atom is -0.497 e. The lowest BCUT2D eigenvalue weighted by atomic mass is 10.2. The number of nitrogens with one attached hydrogen (secondary N) is 1. The maximum atomic E-state index is 12.1. The lowest BCUT2D eigenvalue weighted by Crippen LogP contribution is -2.07. The fraction of sp³-hybridized carbons (Fsp3) is 0.100. The van der Waals surface area contributed by atoms with Gasteiger partial charge in [-0.25, -0.2) is 4.98 Å². The lowest BCUT2D eigenvalue weighted by molar-refractivity contribution is -0.111. The monoisotopic (exact) mass is 366 g/mol. The number of amides is 1. The Morgan fingerprint density at radius 1 is 1.08 bits per heavy atom. The van der Waals surface area contributed by atoms with Gasteiger partial charge in [-0.1, -0.05) is 30.3 Å². The summed E-state index contributed by atoms with van der Waals surface area (Å²) in [6, 6.07) is 15.3. The van der Waals surface area contributed by atoms with Crippen molar-refractivity contribution in [1.29, 1.82) is 0 Å². The number of benzene rings is 2. The highest BCUT2D eigenvalue weighted by Gasteiger charge is 2.06. The van der Waals surface area contributed by atoms with Crippen molar-refractivity contribution in [2.45, 2.75) is 0 Å². The van der Waals surface area contributed by atoms with Gasteiger partial charge >= 0.3 is 0 Å². The first-order valence-corrected chi connectivity index (χ1v) is 8.79. The van der Waals surface area contributed by atoms with Crippen LogP contribution >= 0.6 is 11.3 Å². The van der Waals surface area contributed by atoms with Gasteiger partial charge in [0, 0.05) is 23.1 Å². The zero-order valence-corrected chi connectivity index (χ0v) is 15.2. The maximum absolute atomic E-state index is 12.1. The summed E-state index contributed by atoms with van der Waals surface area (Å²) in [5.41, 5.74) is 2.66. The highest BCUT2D eigenvalue weighted by atomic mass is 32.1. The molecular weight excluding hydrogens is 348 g/mol. The number of thiazole rings is 1. The molecule has 0 atom stereocenters. The number of rotatable bonds is 6. The molecule has 0 aliphatic rings. The molecule has 0 saturated heterocycles. The number of ether oxygens (including phenoxy) is 2. The molecule has 1 N–H and O–H groups in total. The van der Waals surface area contributed by atoms with Gasteiger partial charge in [0.05, 0.1) is 19.9 Å². The quantitative estimate of drug-likeness (QED) is 0.654. The van der Waals surface area contributed by atoms with Gasteiger partial charge in [-0.05, 0) is 23.8 Å². The number of carbonyl (C=O) groups excluding carboxylic acids is 1. The Morgan fingerprint density at radius 3 is 2.42 bits per heavy atom. The van der Waals surface area contributed by atoms with Gasteiger partial charge in [0.15, 0.2) is 5.13 Å². The second-order valence-corrected chi connectivity index (χ2v) is 6.23. The molecule has 132 valence electrons. The van der Waals surface area contributed by atoms with Crippen LogP contribution in [0.5, 0.6) is 11.5 Å². The summed E-state index contributed by atoms with van der Waals surface area (Å²) >= 11 is 1.39. The van der Waals surface area contributed by atoms with Crippen LogP contribution in [-0.4, -0.2) is 25.1 Å². The molecular formula is C20H18N2O3S. The van der Waals surface area contributed by atoms with Crippen LogP contribution in [0, 0.1) is 0 Å². The van der Waals surface area contributed by atoms with Crippen molar-refractivity contribution in [2.24, 2.45) is 0 Å². The van der Waals surface area contributed by atoms with E-state index in [0.29, 0.717) is 16.6 Å². The smallest absolute Gasteiger partial charge is 0.250 e. The van der Waals surface area contributed by atoms with E-state index in [1.54, 1.807) is 26.4 Å². The second-order valence-electron chi connectivity index (χ2n) is 5.37. The number of aromatic nitrogens is 1. The molecule has 0 spiro atoms. The van der Waals surface area contributed by atoms with Crippen molar-refractivity contribution < 1.29 is 14.3 Å². The number of methoxy groups -OCH3 is 2. The van der Waals surface area contributed by atoms with Crippen LogP contribution < -0.4 is 14.8 Å². The molecule has 2 aromatic carbocycles. The highest BCUT2D eigenvalue weighted by molar-refractivity contribution is 7.14. The number of anilines is 1. The third kappa shape index (κ3) is 4.49. The van der Waals surface area contributed by atoms with Gasteiger partial charge < -0.3 is 9.47 Å². The minimum atomic E-state index is -0.249. The van der Waals surface area contributed by atoms with Crippen molar-refractivity contribution in [3.8, 4) is 22.8 Å². The average Bonchev–Trinajstić information content (AvgIpc) is 3.15. The molecule has 1 aromatic heterocycles. The summed E-state index contributed by atoms with van der Waals surface area (Å²) in [6.45, 7) is 0. The molecule has 0 unspecified atom stereocenters. The van der Waals surface area contributed by atoms with Crippen LogP contribution in [0.2, 0.25) is 0 Å². The first-order valence-electron chi connectivity index (χ1n) is 7.91. The summed E-state index contributed by atoms with van der Waals surface area (Å²) in [5, 5.41) is 5.25. The fourth-order valence-electron chi connectivity index (χ4n) is 2.32.